The third-order valence-corrected chi connectivity index (χ3v) is 5.14. The lowest BCUT2D eigenvalue weighted by atomic mass is 9.90. The number of ether oxygens (including phenoxy) is 1. The van der Waals surface area contributed by atoms with Crippen LogP contribution in [0.5, 0.6) is 5.75 Å². The quantitative estimate of drug-likeness (QED) is 0.847. The fourth-order valence-corrected chi connectivity index (χ4v) is 3.48. The molecule has 146 valence electrons. The van der Waals surface area contributed by atoms with Gasteiger partial charge in [0.25, 0.3) is 0 Å². The zero-order chi connectivity index (χ0) is 19.6. The molecule has 2 aromatic carbocycles. The van der Waals surface area contributed by atoms with Gasteiger partial charge in [0.2, 0.25) is 0 Å². The lowest BCUT2D eigenvalue weighted by molar-refractivity contribution is -0.0634. The molecular formula is C21H22FN3O3. The van der Waals surface area contributed by atoms with Gasteiger partial charge >= 0.3 is 6.03 Å². The molecule has 2 heterocycles. The summed E-state index contributed by atoms with van der Waals surface area (Å²) in [6.07, 6.45) is 3.46. The number of rotatable bonds is 3. The van der Waals surface area contributed by atoms with Gasteiger partial charge in [-0.05, 0) is 42.5 Å². The summed E-state index contributed by atoms with van der Waals surface area (Å²) in [6.45, 7) is 1.13. The van der Waals surface area contributed by atoms with Crippen LogP contribution in [-0.4, -0.2) is 36.7 Å². The highest BCUT2D eigenvalue weighted by Gasteiger charge is 2.39. The number of hydrogen-bond acceptors (Lipinski definition) is 4. The Bertz CT molecular complexity index is 890. The summed E-state index contributed by atoms with van der Waals surface area (Å²) in [5.74, 6) is 0.454. The minimum Gasteiger partial charge on any atom is -0.497 e. The van der Waals surface area contributed by atoms with E-state index >= 15 is 0 Å². The van der Waals surface area contributed by atoms with Crippen molar-refractivity contribution < 1.29 is 18.8 Å². The van der Waals surface area contributed by atoms with E-state index in [0.29, 0.717) is 31.6 Å². The second kappa shape index (κ2) is 7.52. The third kappa shape index (κ3) is 3.80. The van der Waals surface area contributed by atoms with Crippen LogP contribution >= 0.6 is 0 Å². The average Bonchev–Trinajstić information content (AvgIpc) is 3.14. The number of urea groups is 1. The largest absolute Gasteiger partial charge is 0.497 e. The van der Waals surface area contributed by atoms with E-state index in [9.17, 15) is 9.18 Å². The van der Waals surface area contributed by atoms with E-state index in [1.807, 2.05) is 24.3 Å². The molecule has 6 nitrogen and oxygen atoms in total. The first-order chi connectivity index (χ1) is 13.6. The summed E-state index contributed by atoms with van der Waals surface area (Å²) in [5.41, 5.74) is 5.07. The predicted molar refractivity (Wildman–Crippen MR) is 104 cm³/mol. The highest BCUT2D eigenvalue weighted by molar-refractivity contribution is 5.89. The number of likely N-dealkylation sites (tertiary alicyclic amines) is 1. The number of halogens is 1. The number of benzene rings is 2. The van der Waals surface area contributed by atoms with Crippen LogP contribution in [0.4, 0.5) is 14.9 Å². The highest BCUT2D eigenvalue weighted by Crippen LogP contribution is 2.35. The fraction of sp³-hybridized carbons (Fsp3) is 0.286. The molecule has 0 aliphatic carbocycles. The summed E-state index contributed by atoms with van der Waals surface area (Å²) in [7, 11) is 1.64. The maximum Gasteiger partial charge on any atom is 0.321 e. The number of hydroxylamine groups is 1. The zero-order valence-electron chi connectivity index (χ0n) is 15.6. The predicted octanol–water partition coefficient (Wildman–Crippen LogP) is 3.78. The van der Waals surface area contributed by atoms with Gasteiger partial charge in [-0.15, -0.1) is 0 Å². The first-order valence-electron chi connectivity index (χ1n) is 9.20. The van der Waals surface area contributed by atoms with E-state index in [0.717, 1.165) is 17.0 Å². The summed E-state index contributed by atoms with van der Waals surface area (Å²) in [4.78, 5) is 20.1. The number of amides is 2. The Labute approximate surface area is 162 Å². The molecule has 1 saturated heterocycles. The first kappa shape index (κ1) is 18.3. The molecule has 0 radical (unpaired) electrons. The van der Waals surface area contributed by atoms with E-state index in [1.165, 1.54) is 12.1 Å². The standard InChI is InChI=1S/C21H22FN3O3/c1-27-18-4-2-3-15(13-18)19-14-21(28-24-19)9-11-25(12-10-21)20(26)23-17-7-5-16(22)6-8-17/h2-8,13-14,24H,9-12H2,1H3,(H,23,26). The highest BCUT2D eigenvalue weighted by atomic mass is 19.1. The normalized spacial score (nSPS) is 17.8. The second-order valence-electron chi connectivity index (χ2n) is 6.98. The maximum atomic E-state index is 13.0. The van der Waals surface area contributed by atoms with Gasteiger partial charge in [0.05, 0.1) is 12.8 Å². The fourth-order valence-electron chi connectivity index (χ4n) is 3.48. The molecule has 2 N–H and O–H groups in total. The molecule has 0 unspecified atom stereocenters. The number of piperidine rings is 1. The Morgan fingerprint density at radius 3 is 2.68 bits per heavy atom. The molecule has 28 heavy (non-hydrogen) atoms. The molecule has 0 atom stereocenters. The molecule has 7 heteroatoms. The van der Waals surface area contributed by atoms with Crippen LogP contribution in [0, 0.1) is 5.82 Å². The van der Waals surface area contributed by atoms with Crippen molar-refractivity contribution >= 4 is 17.4 Å². The van der Waals surface area contributed by atoms with E-state index in [1.54, 1.807) is 24.1 Å². The minimum atomic E-state index is -0.426. The van der Waals surface area contributed by atoms with Gasteiger partial charge in [-0.1, -0.05) is 12.1 Å². The molecule has 2 aliphatic heterocycles. The monoisotopic (exact) mass is 383 g/mol. The minimum absolute atomic E-state index is 0.190. The van der Waals surface area contributed by atoms with Gasteiger partial charge < -0.3 is 15.0 Å². The lowest BCUT2D eigenvalue weighted by Crippen LogP contribution is -2.48. The second-order valence-corrected chi connectivity index (χ2v) is 6.98. The number of nitrogens with zero attached hydrogens (tertiary/aromatic N) is 1. The van der Waals surface area contributed by atoms with E-state index in [-0.39, 0.29) is 11.8 Å². The summed E-state index contributed by atoms with van der Waals surface area (Å²) < 4.78 is 18.3. The number of carbonyl (C=O) groups excluding carboxylic acids is 1. The van der Waals surface area contributed by atoms with Crippen molar-refractivity contribution in [2.45, 2.75) is 18.4 Å². The molecule has 2 aromatic rings. The number of hydrogen-bond donors (Lipinski definition) is 2. The Morgan fingerprint density at radius 2 is 1.96 bits per heavy atom. The van der Waals surface area contributed by atoms with E-state index in [2.05, 4.69) is 16.9 Å². The molecule has 4 rings (SSSR count). The van der Waals surface area contributed by atoms with E-state index < -0.39 is 5.60 Å². The molecule has 2 amide bonds. The van der Waals surface area contributed by atoms with Crippen molar-refractivity contribution in [1.29, 1.82) is 0 Å². The van der Waals surface area contributed by atoms with Crippen LogP contribution in [0.1, 0.15) is 18.4 Å². The molecule has 0 aromatic heterocycles. The number of methoxy groups -OCH3 is 1. The van der Waals surface area contributed by atoms with Gasteiger partial charge in [0, 0.05) is 37.2 Å². The number of anilines is 1. The van der Waals surface area contributed by atoms with Gasteiger partial charge in [-0.25, -0.2) is 9.18 Å². The van der Waals surface area contributed by atoms with Crippen LogP contribution < -0.4 is 15.5 Å². The van der Waals surface area contributed by atoms with Crippen LogP contribution in [-0.2, 0) is 4.84 Å². The first-order valence-corrected chi connectivity index (χ1v) is 9.20. The Balaban J connectivity index is 1.38. The Kier molecular flexibility index (Phi) is 4.92. The molecular weight excluding hydrogens is 361 g/mol. The topological polar surface area (TPSA) is 62.8 Å². The molecule has 1 fully saturated rings. The van der Waals surface area contributed by atoms with Crippen LogP contribution in [0.15, 0.2) is 54.6 Å². The SMILES string of the molecule is COc1cccc(C2=CC3(CCN(C(=O)Nc4ccc(F)cc4)CC3)ON2)c1. The van der Waals surface area contributed by atoms with Crippen LogP contribution in [0.3, 0.4) is 0 Å². The van der Waals surface area contributed by atoms with Crippen molar-refractivity contribution in [3.05, 3.63) is 66.0 Å². The smallest absolute Gasteiger partial charge is 0.321 e. The molecule has 2 aliphatic rings. The van der Waals surface area contributed by atoms with Gasteiger partial charge in [-0.2, -0.15) is 0 Å². The van der Waals surface area contributed by atoms with Crippen molar-refractivity contribution in [1.82, 2.24) is 10.4 Å². The average molecular weight is 383 g/mol. The Morgan fingerprint density at radius 1 is 1.21 bits per heavy atom. The molecule has 0 saturated carbocycles. The number of carbonyl (C=O) groups is 1. The van der Waals surface area contributed by atoms with Gasteiger partial charge in [-0.3, -0.25) is 10.3 Å². The Hall–Kier alpha value is -3.06. The molecule has 1 spiro atoms. The van der Waals surface area contributed by atoms with Crippen molar-refractivity contribution in [2.24, 2.45) is 0 Å². The van der Waals surface area contributed by atoms with Crippen LogP contribution in [0.25, 0.3) is 5.70 Å². The lowest BCUT2D eigenvalue weighted by Gasteiger charge is -2.36. The van der Waals surface area contributed by atoms with Gasteiger partial charge in [0.15, 0.2) is 0 Å². The maximum absolute atomic E-state index is 13.0. The summed E-state index contributed by atoms with van der Waals surface area (Å²) in [5, 5.41) is 2.80. The summed E-state index contributed by atoms with van der Waals surface area (Å²) >= 11 is 0. The third-order valence-electron chi connectivity index (χ3n) is 5.14. The van der Waals surface area contributed by atoms with Crippen molar-refractivity contribution in [2.75, 3.05) is 25.5 Å². The van der Waals surface area contributed by atoms with E-state index in [4.69, 9.17) is 9.57 Å². The zero-order valence-corrected chi connectivity index (χ0v) is 15.6. The van der Waals surface area contributed by atoms with Crippen molar-refractivity contribution in [3.8, 4) is 5.75 Å². The van der Waals surface area contributed by atoms with Gasteiger partial charge in [0.1, 0.15) is 17.2 Å². The molecule has 0 bridgehead atoms. The van der Waals surface area contributed by atoms with Crippen LogP contribution in [0.2, 0.25) is 0 Å². The van der Waals surface area contributed by atoms with Crippen molar-refractivity contribution in [3.63, 3.8) is 0 Å². The number of nitrogens with one attached hydrogen (secondary N) is 2. The summed E-state index contributed by atoms with van der Waals surface area (Å²) in [6, 6.07) is 13.3.